The SMILES string of the molecule is CCNCCNC(=O)c1csc(Cc2ccc(F)cc2)n1. The Morgan fingerprint density at radius 2 is 2.05 bits per heavy atom. The van der Waals surface area contributed by atoms with E-state index in [1.807, 2.05) is 6.92 Å². The van der Waals surface area contributed by atoms with Crippen molar-refractivity contribution in [3.63, 3.8) is 0 Å². The van der Waals surface area contributed by atoms with Gasteiger partial charge in [0.2, 0.25) is 0 Å². The van der Waals surface area contributed by atoms with Crippen molar-refractivity contribution in [2.75, 3.05) is 19.6 Å². The fourth-order valence-electron chi connectivity index (χ4n) is 1.81. The number of nitrogens with zero attached hydrogens (tertiary/aromatic N) is 1. The molecule has 2 aromatic rings. The third-order valence-electron chi connectivity index (χ3n) is 2.89. The second kappa shape index (κ2) is 7.85. The minimum absolute atomic E-state index is 0.158. The number of rotatable bonds is 7. The summed E-state index contributed by atoms with van der Waals surface area (Å²) in [4.78, 5) is 16.2. The highest BCUT2D eigenvalue weighted by Crippen LogP contribution is 2.15. The van der Waals surface area contributed by atoms with Gasteiger partial charge in [0.1, 0.15) is 11.5 Å². The summed E-state index contributed by atoms with van der Waals surface area (Å²) in [6.07, 6.45) is 0.607. The molecular formula is C15H18FN3OS. The Balaban J connectivity index is 1.88. The van der Waals surface area contributed by atoms with Gasteiger partial charge >= 0.3 is 0 Å². The Hall–Kier alpha value is -1.79. The van der Waals surface area contributed by atoms with E-state index in [4.69, 9.17) is 0 Å². The van der Waals surface area contributed by atoms with Crippen molar-refractivity contribution in [1.82, 2.24) is 15.6 Å². The Labute approximate surface area is 127 Å². The smallest absolute Gasteiger partial charge is 0.270 e. The van der Waals surface area contributed by atoms with Crippen LogP contribution in [0.25, 0.3) is 0 Å². The van der Waals surface area contributed by atoms with Crippen LogP contribution in [0.2, 0.25) is 0 Å². The van der Waals surface area contributed by atoms with Crippen molar-refractivity contribution >= 4 is 17.2 Å². The molecule has 0 bridgehead atoms. The third-order valence-corrected chi connectivity index (χ3v) is 3.74. The first-order valence-electron chi connectivity index (χ1n) is 6.87. The van der Waals surface area contributed by atoms with Crippen LogP contribution >= 0.6 is 11.3 Å². The predicted octanol–water partition coefficient (Wildman–Crippen LogP) is 2.21. The molecule has 0 fully saturated rings. The summed E-state index contributed by atoms with van der Waals surface area (Å²) >= 11 is 1.44. The highest BCUT2D eigenvalue weighted by atomic mass is 32.1. The highest BCUT2D eigenvalue weighted by Gasteiger charge is 2.10. The number of likely N-dealkylation sites (N-methyl/N-ethyl adjacent to an activating group) is 1. The van der Waals surface area contributed by atoms with E-state index in [9.17, 15) is 9.18 Å². The molecular weight excluding hydrogens is 289 g/mol. The quantitative estimate of drug-likeness (QED) is 0.771. The van der Waals surface area contributed by atoms with Crippen LogP contribution in [0, 0.1) is 5.82 Å². The van der Waals surface area contributed by atoms with Gasteiger partial charge in [0.25, 0.3) is 5.91 Å². The molecule has 4 nitrogen and oxygen atoms in total. The van der Waals surface area contributed by atoms with Crippen molar-refractivity contribution in [2.45, 2.75) is 13.3 Å². The molecule has 0 aliphatic rings. The number of hydrogen-bond donors (Lipinski definition) is 2. The molecule has 0 atom stereocenters. The number of halogens is 1. The molecule has 1 aromatic heterocycles. The van der Waals surface area contributed by atoms with E-state index in [0.29, 0.717) is 18.7 Å². The van der Waals surface area contributed by atoms with Crippen LogP contribution in [0.3, 0.4) is 0 Å². The van der Waals surface area contributed by atoms with Gasteiger partial charge in [-0.15, -0.1) is 11.3 Å². The van der Waals surface area contributed by atoms with Crippen molar-refractivity contribution in [3.8, 4) is 0 Å². The molecule has 0 unspecified atom stereocenters. The van der Waals surface area contributed by atoms with Crippen LogP contribution in [-0.4, -0.2) is 30.5 Å². The van der Waals surface area contributed by atoms with Crippen molar-refractivity contribution in [3.05, 3.63) is 51.7 Å². The zero-order valence-corrected chi connectivity index (χ0v) is 12.7. The van der Waals surface area contributed by atoms with Gasteiger partial charge in [-0.05, 0) is 24.2 Å². The normalized spacial score (nSPS) is 10.6. The Morgan fingerprint density at radius 3 is 2.76 bits per heavy atom. The van der Waals surface area contributed by atoms with Crippen LogP contribution in [0.15, 0.2) is 29.6 Å². The summed E-state index contributed by atoms with van der Waals surface area (Å²) < 4.78 is 12.8. The molecule has 0 saturated carbocycles. The van der Waals surface area contributed by atoms with E-state index in [0.717, 1.165) is 23.7 Å². The number of aromatic nitrogens is 1. The van der Waals surface area contributed by atoms with E-state index < -0.39 is 0 Å². The van der Waals surface area contributed by atoms with Gasteiger partial charge in [0, 0.05) is 24.9 Å². The first-order chi connectivity index (χ1) is 10.2. The predicted molar refractivity (Wildman–Crippen MR) is 82.2 cm³/mol. The molecule has 0 saturated heterocycles. The molecule has 1 amide bonds. The molecule has 0 aliphatic heterocycles. The Morgan fingerprint density at radius 1 is 1.29 bits per heavy atom. The fraction of sp³-hybridized carbons (Fsp3) is 0.333. The number of carbonyl (C=O) groups excluding carboxylic acids is 1. The van der Waals surface area contributed by atoms with Crippen LogP contribution in [-0.2, 0) is 6.42 Å². The van der Waals surface area contributed by atoms with Crippen LogP contribution in [0.5, 0.6) is 0 Å². The maximum atomic E-state index is 12.8. The minimum Gasteiger partial charge on any atom is -0.349 e. The van der Waals surface area contributed by atoms with E-state index in [1.165, 1.54) is 23.5 Å². The van der Waals surface area contributed by atoms with Gasteiger partial charge in [-0.2, -0.15) is 0 Å². The van der Waals surface area contributed by atoms with E-state index in [-0.39, 0.29) is 11.7 Å². The second-order valence-electron chi connectivity index (χ2n) is 4.54. The molecule has 0 aliphatic carbocycles. The summed E-state index contributed by atoms with van der Waals surface area (Å²) in [5.74, 6) is -0.409. The van der Waals surface area contributed by atoms with Gasteiger partial charge in [0.05, 0.1) is 5.01 Å². The van der Waals surface area contributed by atoms with Crippen LogP contribution in [0.4, 0.5) is 4.39 Å². The lowest BCUT2D eigenvalue weighted by atomic mass is 10.1. The molecule has 21 heavy (non-hydrogen) atoms. The van der Waals surface area contributed by atoms with Gasteiger partial charge in [0.15, 0.2) is 0 Å². The lowest BCUT2D eigenvalue weighted by Gasteiger charge is -2.03. The average Bonchev–Trinajstić information content (AvgIpc) is 2.94. The lowest BCUT2D eigenvalue weighted by molar-refractivity contribution is 0.0949. The average molecular weight is 307 g/mol. The number of benzene rings is 1. The van der Waals surface area contributed by atoms with Crippen LogP contribution < -0.4 is 10.6 Å². The summed E-state index contributed by atoms with van der Waals surface area (Å²) in [5, 5.41) is 8.54. The summed E-state index contributed by atoms with van der Waals surface area (Å²) in [5.41, 5.74) is 1.42. The number of nitrogens with one attached hydrogen (secondary N) is 2. The molecule has 1 heterocycles. The van der Waals surface area contributed by atoms with Crippen molar-refractivity contribution in [2.24, 2.45) is 0 Å². The van der Waals surface area contributed by atoms with Gasteiger partial charge in [-0.1, -0.05) is 19.1 Å². The summed E-state index contributed by atoms with van der Waals surface area (Å²) in [6.45, 7) is 4.23. The maximum Gasteiger partial charge on any atom is 0.270 e. The van der Waals surface area contributed by atoms with E-state index in [1.54, 1.807) is 17.5 Å². The fourth-order valence-corrected chi connectivity index (χ4v) is 2.61. The number of carbonyl (C=O) groups is 1. The second-order valence-corrected chi connectivity index (χ2v) is 5.48. The number of amides is 1. The molecule has 2 N–H and O–H groups in total. The number of thiazole rings is 1. The molecule has 0 radical (unpaired) electrons. The first-order valence-corrected chi connectivity index (χ1v) is 7.74. The zero-order chi connectivity index (χ0) is 15.1. The topological polar surface area (TPSA) is 54.0 Å². The maximum absolute atomic E-state index is 12.8. The minimum atomic E-state index is -0.251. The van der Waals surface area contributed by atoms with Crippen LogP contribution in [0.1, 0.15) is 28.0 Å². The van der Waals surface area contributed by atoms with Crippen molar-refractivity contribution < 1.29 is 9.18 Å². The Bertz CT molecular complexity index is 583. The van der Waals surface area contributed by atoms with Gasteiger partial charge in [-0.3, -0.25) is 4.79 Å². The Kier molecular flexibility index (Phi) is 5.83. The monoisotopic (exact) mass is 307 g/mol. The van der Waals surface area contributed by atoms with Crippen molar-refractivity contribution in [1.29, 1.82) is 0 Å². The lowest BCUT2D eigenvalue weighted by Crippen LogP contribution is -2.31. The number of hydrogen-bond acceptors (Lipinski definition) is 4. The van der Waals surface area contributed by atoms with E-state index in [2.05, 4.69) is 15.6 Å². The third kappa shape index (κ3) is 4.91. The molecule has 6 heteroatoms. The first kappa shape index (κ1) is 15.6. The van der Waals surface area contributed by atoms with Gasteiger partial charge in [-0.25, -0.2) is 9.37 Å². The van der Waals surface area contributed by atoms with E-state index >= 15 is 0 Å². The standard InChI is InChI=1S/C15H18FN3OS/c1-2-17-7-8-18-15(20)13-10-21-14(19-13)9-11-3-5-12(16)6-4-11/h3-6,10,17H,2,7-9H2,1H3,(H,18,20). The molecule has 2 rings (SSSR count). The van der Waals surface area contributed by atoms with Gasteiger partial charge < -0.3 is 10.6 Å². The molecule has 0 spiro atoms. The molecule has 1 aromatic carbocycles. The summed E-state index contributed by atoms with van der Waals surface area (Å²) in [7, 11) is 0. The largest absolute Gasteiger partial charge is 0.349 e. The molecule has 112 valence electrons. The highest BCUT2D eigenvalue weighted by molar-refractivity contribution is 7.09. The summed E-state index contributed by atoms with van der Waals surface area (Å²) in [6, 6.07) is 6.31. The zero-order valence-electron chi connectivity index (χ0n) is 11.9.